The number of aromatic amines is 1. The minimum Gasteiger partial charge on any atom is -0.496 e. The molecule has 1 aromatic heterocycles. The van der Waals surface area contributed by atoms with Crippen molar-refractivity contribution in [3.8, 4) is 11.5 Å². The van der Waals surface area contributed by atoms with E-state index >= 15 is 0 Å². The van der Waals surface area contributed by atoms with Crippen LogP contribution in [-0.2, 0) is 28.5 Å². The summed E-state index contributed by atoms with van der Waals surface area (Å²) < 4.78 is 11.9. The lowest BCUT2D eigenvalue weighted by Crippen LogP contribution is -2.75. The number of H-pyrrole nitrogens is 1. The van der Waals surface area contributed by atoms with E-state index in [0.29, 0.717) is 25.0 Å². The van der Waals surface area contributed by atoms with Crippen LogP contribution >= 0.6 is 0 Å². The third-order valence-corrected chi connectivity index (χ3v) is 10.8. The number of fused-ring (bicyclic) bond motifs is 1. The number of amides is 1. The fourth-order valence-electron chi connectivity index (χ4n) is 10.0. The molecule has 5 atom stereocenters. The molecule has 2 aromatic carbocycles. The summed E-state index contributed by atoms with van der Waals surface area (Å²) in [6.45, 7) is 0. The van der Waals surface area contributed by atoms with Crippen LogP contribution < -0.4 is 20.5 Å². The number of rotatable bonds is 7. The van der Waals surface area contributed by atoms with E-state index in [4.69, 9.17) is 15.2 Å². The van der Waals surface area contributed by atoms with Crippen LogP contribution in [0.2, 0.25) is 0 Å². The second-order valence-corrected chi connectivity index (χ2v) is 13.0. The number of hydrogen-bond donors (Lipinski definition) is 4. The Balaban J connectivity index is 1.50. The molecule has 220 valence electrons. The van der Waals surface area contributed by atoms with Crippen LogP contribution in [0.5, 0.6) is 11.5 Å². The van der Waals surface area contributed by atoms with E-state index in [0.717, 1.165) is 72.4 Å². The van der Waals surface area contributed by atoms with Gasteiger partial charge in [0.05, 0.1) is 25.7 Å². The van der Waals surface area contributed by atoms with Crippen LogP contribution in [0, 0.1) is 11.8 Å². The Morgan fingerprint density at radius 3 is 2.40 bits per heavy atom. The smallest absolute Gasteiger partial charge is 0.309 e. The Kier molecular flexibility index (Phi) is 6.08. The number of nitrogens with two attached hydrogens (primary N) is 1. The van der Waals surface area contributed by atoms with E-state index in [2.05, 4.69) is 21.6 Å². The molecule has 0 radical (unpaired) electrons. The van der Waals surface area contributed by atoms with Crippen molar-refractivity contribution in [1.29, 1.82) is 0 Å². The fourth-order valence-corrected chi connectivity index (χ4v) is 10.0. The van der Waals surface area contributed by atoms with Crippen LogP contribution in [0.1, 0.15) is 77.7 Å². The maximum absolute atomic E-state index is 13.7. The monoisotopic (exact) mass is 570 g/mol. The summed E-state index contributed by atoms with van der Waals surface area (Å²) in [6, 6.07) is 11.5. The maximum atomic E-state index is 13.7. The van der Waals surface area contributed by atoms with Crippen molar-refractivity contribution < 1.29 is 24.2 Å². The Bertz CT molecular complexity index is 1550. The van der Waals surface area contributed by atoms with Gasteiger partial charge in [0.25, 0.3) is 5.91 Å². The highest BCUT2D eigenvalue weighted by Crippen LogP contribution is 2.71. The molecule has 4 saturated carbocycles. The second-order valence-electron chi connectivity index (χ2n) is 13.0. The SMILES string of the molecule is COc1cccc(OC)c1C12CC3CC(NC(=O)c4ccn[nH]4)(C1)C(C(=O)O)C(c1ccc(N)c4c1CCCC4)(C3)C2. The summed E-state index contributed by atoms with van der Waals surface area (Å²) in [5.74, 6) is -0.381. The molecule has 3 aromatic rings. The number of ether oxygens (including phenoxy) is 2. The summed E-state index contributed by atoms with van der Waals surface area (Å²) in [5.41, 5.74) is 9.88. The molecule has 5 unspecified atom stereocenters. The number of aromatic nitrogens is 2. The quantitative estimate of drug-likeness (QED) is 0.306. The summed E-state index contributed by atoms with van der Waals surface area (Å²) in [6.07, 6.45) is 8.77. The lowest BCUT2D eigenvalue weighted by molar-refractivity contribution is -0.167. The zero-order chi connectivity index (χ0) is 29.3. The number of nitrogens with zero attached hydrogens (tertiary/aromatic N) is 1. The molecule has 0 saturated heterocycles. The number of aliphatic carboxylic acids is 1. The summed E-state index contributed by atoms with van der Waals surface area (Å²) >= 11 is 0. The van der Waals surface area contributed by atoms with Crippen molar-refractivity contribution in [2.24, 2.45) is 11.8 Å². The Morgan fingerprint density at radius 2 is 1.74 bits per heavy atom. The zero-order valence-electron chi connectivity index (χ0n) is 24.2. The van der Waals surface area contributed by atoms with Crippen molar-refractivity contribution in [2.45, 2.75) is 74.2 Å². The molecule has 8 rings (SSSR count). The Labute approximate surface area is 245 Å². The van der Waals surface area contributed by atoms with Gasteiger partial charge in [-0.15, -0.1) is 0 Å². The standard InChI is InChI=1S/C33H38N4O5/c1-41-25-8-5-9-26(42-2)27(25)31-14-19-15-32(17-31,22-10-11-23(34)21-7-4-3-6-20(21)22)28(30(39)40)33(16-19,18-31)36-29(38)24-12-13-35-37-24/h5,8-13,19,28H,3-4,6-7,14-18,34H2,1-2H3,(H,35,37)(H,36,38)(H,39,40). The average Bonchev–Trinajstić information content (AvgIpc) is 3.51. The summed E-state index contributed by atoms with van der Waals surface area (Å²) in [7, 11) is 3.33. The molecular formula is C33H38N4O5. The minimum absolute atomic E-state index is 0.191. The van der Waals surface area contributed by atoms with Gasteiger partial charge in [0.1, 0.15) is 17.2 Å². The van der Waals surface area contributed by atoms with Crippen LogP contribution in [0.4, 0.5) is 5.69 Å². The van der Waals surface area contributed by atoms with Crippen molar-refractivity contribution >= 4 is 17.6 Å². The number of benzene rings is 2. The number of nitrogen functional groups attached to an aromatic ring is 1. The zero-order valence-corrected chi connectivity index (χ0v) is 24.2. The Morgan fingerprint density at radius 1 is 1.00 bits per heavy atom. The van der Waals surface area contributed by atoms with Gasteiger partial charge in [-0.1, -0.05) is 12.1 Å². The predicted octanol–water partition coefficient (Wildman–Crippen LogP) is 4.54. The summed E-state index contributed by atoms with van der Waals surface area (Å²) in [5, 5.41) is 21.2. The van der Waals surface area contributed by atoms with Gasteiger partial charge in [-0.25, -0.2) is 0 Å². The minimum atomic E-state index is -0.998. The van der Waals surface area contributed by atoms with Gasteiger partial charge in [0.2, 0.25) is 0 Å². The molecule has 0 spiro atoms. The van der Waals surface area contributed by atoms with E-state index in [9.17, 15) is 14.7 Å². The van der Waals surface area contributed by atoms with Crippen LogP contribution in [0.25, 0.3) is 0 Å². The van der Waals surface area contributed by atoms with Crippen molar-refractivity contribution in [3.05, 3.63) is 70.5 Å². The number of methoxy groups -OCH3 is 2. The van der Waals surface area contributed by atoms with Crippen molar-refractivity contribution in [2.75, 3.05) is 20.0 Å². The molecule has 9 nitrogen and oxygen atoms in total. The van der Waals surface area contributed by atoms with Gasteiger partial charge in [-0.3, -0.25) is 14.7 Å². The molecule has 5 N–H and O–H groups in total. The number of carbonyl (C=O) groups excluding carboxylic acids is 1. The van der Waals surface area contributed by atoms with E-state index < -0.39 is 28.3 Å². The highest BCUT2D eigenvalue weighted by Gasteiger charge is 2.72. The number of hydrogen-bond acceptors (Lipinski definition) is 6. The van der Waals surface area contributed by atoms with Gasteiger partial charge in [-0.2, -0.15) is 5.10 Å². The van der Waals surface area contributed by atoms with Gasteiger partial charge in [-0.05, 0) is 105 Å². The van der Waals surface area contributed by atoms with E-state index in [1.54, 1.807) is 20.3 Å². The molecule has 9 heteroatoms. The number of carboxylic acid groups (broad SMARTS) is 1. The van der Waals surface area contributed by atoms with Gasteiger partial charge in [0.15, 0.2) is 0 Å². The molecule has 4 fully saturated rings. The Hall–Kier alpha value is -4.01. The van der Waals surface area contributed by atoms with E-state index in [1.165, 1.54) is 11.8 Å². The molecule has 4 bridgehead atoms. The second kappa shape index (κ2) is 9.51. The predicted molar refractivity (Wildman–Crippen MR) is 157 cm³/mol. The third-order valence-electron chi connectivity index (χ3n) is 10.8. The largest absolute Gasteiger partial charge is 0.496 e. The number of carboxylic acids is 1. The van der Waals surface area contributed by atoms with Crippen LogP contribution in [-0.4, -0.2) is 46.9 Å². The van der Waals surface area contributed by atoms with E-state index in [-0.39, 0.29) is 11.8 Å². The number of carbonyl (C=O) groups is 2. The van der Waals surface area contributed by atoms with E-state index in [1.807, 2.05) is 24.3 Å². The molecule has 5 aliphatic rings. The lowest BCUT2D eigenvalue weighted by atomic mass is 9.35. The molecule has 0 aliphatic heterocycles. The highest BCUT2D eigenvalue weighted by atomic mass is 16.5. The normalized spacial score (nSPS) is 30.9. The first kappa shape index (κ1) is 26.9. The van der Waals surface area contributed by atoms with Gasteiger partial charge >= 0.3 is 5.97 Å². The molecule has 42 heavy (non-hydrogen) atoms. The van der Waals surface area contributed by atoms with Crippen LogP contribution in [0.15, 0.2) is 42.6 Å². The fraction of sp³-hybridized carbons (Fsp3) is 0.485. The topological polar surface area (TPSA) is 140 Å². The first-order valence-electron chi connectivity index (χ1n) is 14.9. The van der Waals surface area contributed by atoms with Crippen molar-refractivity contribution in [1.82, 2.24) is 15.5 Å². The summed E-state index contributed by atoms with van der Waals surface area (Å²) in [4.78, 5) is 27.3. The lowest BCUT2D eigenvalue weighted by Gasteiger charge is -2.69. The van der Waals surface area contributed by atoms with Crippen LogP contribution in [0.3, 0.4) is 0 Å². The highest BCUT2D eigenvalue weighted by molar-refractivity contribution is 5.93. The molecular weight excluding hydrogens is 532 g/mol. The third kappa shape index (κ3) is 3.71. The first-order valence-corrected chi connectivity index (χ1v) is 14.9. The van der Waals surface area contributed by atoms with Gasteiger partial charge < -0.3 is 25.6 Å². The molecule has 1 amide bonds. The number of nitrogens with one attached hydrogen (secondary N) is 2. The molecule has 5 aliphatic carbocycles. The van der Waals surface area contributed by atoms with Crippen molar-refractivity contribution in [3.63, 3.8) is 0 Å². The maximum Gasteiger partial charge on any atom is 0.309 e. The number of anilines is 1. The molecule has 1 heterocycles. The average molecular weight is 571 g/mol. The van der Waals surface area contributed by atoms with Gasteiger partial charge in [0, 0.05) is 28.3 Å². The first-order chi connectivity index (χ1) is 20.3.